The maximum atomic E-state index is 15.9. The van der Waals surface area contributed by atoms with Gasteiger partial charge in [0.2, 0.25) is 5.91 Å². The summed E-state index contributed by atoms with van der Waals surface area (Å²) in [6.07, 6.45) is 2.15. The minimum atomic E-state index is -1.48. The maximum absolute atomic E-state index is 15.9. The zero-order chi connectivity index (χ0) is 28.9. The Labute approximate surface area is 230 Å². The Morgan fingerprint density at radius 1 is 1.20 bits per heavy atom. The molecule has 4 rings (SSSR count). The SMILES string of the molecule is COc1ccc2ncc(CN)c(C(F)CCC3(C(=O)NO)CCN(CCCc4cc(F)c(F)c(F)c4)CC3)c2c1. The molecular weight excluding hydrogens is 528 g/mol. The number of amides is 1. The number of fused-ring (bicyclic) bond motifs is 1. The molecule has 1 unspecified atom stereocenters. The second kappa shape index (κ2) is 12.9. The molecule has 1 aliphatic rings. The topological polar surface area (TPSA) is 101 Å². The molecule has 1 atom stereocenters. The van der Waals surface area contributed by atoms with Gasteiger partial charge in [-0.3, -0.25) is 15.0 Å². The van der Waals surface area contributed by atoms with Crippen LogP contribution in [0.3, 0.4) is 0 Å². The van der Waals surface area contributed by atoms with Gasteiger partial charge in [-0.25, -0.2) is 23.0 Å². The van der Waals surface area contributed by atoms with Gasteiger partial charge in [-0.05, 0) is 99.6 Å². The van der Waals surface area contributed by atoms with Crippen LogP contribution in [0.5, 0.6) is 5.75 Å². The van der Waals surface area contributed by atoms with E-state index in [1.165, 1.54) is 7.11 Å². The number of likely N-dealkylation sites (tertiary alicyclic amines) is 1. The van der Waals surface area contributed by atoms with Gasteiger partial charge in [0.05, 0.1) is 18.0 Å². The standard InChI is InChI=1S/C29H34F4N4O3/c1-40-20-4-5-25-21(15-20)26(19(16-34)17-35-25)22(30)6-7-29(28(38)36-39)8-11-37(12-9-29)10-2-3-18-13-23(31)27(33)24(32)14-18/h4-5,13-15,17,22,39H,2-3,6-12,16,34H2,1H3,(H,36,38). The lowest BCUT2D eigenvalue weighted by molar-refractivity contribution is -0.143. The first kappa shape index (κ1) is 29.7. The molecule has 216 valence electrons. The highest BCUT2D eigenvalue weighted by atomic mass is 19.2. The number of pyridine rings is 1. The molecule has 4 N–H and O–H groups in total. The highest BCUT2D eigenvalue weighted by Crippen LogP contribution is 2.41. The number of hydrogen-bond acceptors (Lipinski definition) is 6. The van der Waals surface area contributed by atoms with Crippen molar-refractivity contribution in [1.82, 2.24) is 15.4 Å². The Morgan fingerprint density at radius 2 is 1.90 bits per heavy atom. The molecule has 3 aromatic rings. The highest BCUT2D eigenvalue weighted by molar-refractivity contribution is 5.85. The monoisotopic (exact) mass is 562 g/mol. The van der Waals surface area contributed by atoms with Crippen LogP contribution in [-0.2, 0) is 17.8 Å². The number of methoxy groups -OCH3 is 1. The summed E-state index contributed by atoms with van der Waals surface area (Å²) < 4.78 is 61.4. The second-order valence-corrected chi connectivity index (χ2v) is 10.3. The number of carbonyl (C=O) groups excluding carboxylic acids is 1. The number of nitrogens with two attached hydrogens (primary N) is 1. The van der Waals surface area contributed by atoms with E-state index in [0.717, 1.165) is 12.1 Å². The van der Waals surface area contributed by atoms with Gasteiger partial charge in [0.1, 0.15) is 11.9 Å². The number of nitrogens with one attached hydrogen (secondary N) is 1. The van der Waals surface area contributed by atoms with E-state index in [0.29, 0.717) is 78.7 Å². The number of ether oxygens (including phenoxy) is 1. The largest absolute Gasteiger partial charge is 0.497 e. The number of hydroxylamine groups is 1. The summed E-state index contributed by atoms with van der Waals surface area (Å²) in [5.74, 6) is -3.88. The number of rotatable bonds is 11. The summed E-state index contributed by atoms with van der Waals surface area (Å²) in [6, 6.07) is 7.23. The fourth-order valence-electron chi connectivity index (χ4n) is 5.61. The molecule has 0 spiro atoms. The Balaban J connectivity index is 1.41. The number of carbonyl (C=O) groups is 1. The average molecular weight is 563 g/mol. The minimum absolute atomic E-state index is 0.0401. The lowest BCUT2D eigenvalue weighted by Crippen LogP contribution is -2.48. The minimum Gasteiger partial charge on any atom is -0.497 e. The lowest BCUT2D eigenvalue weighted by atomic mass is 9.73. The molecule has 0 bridgehead atoms. The smallest absolute Gasteiger partial charge is 0.249 e. The summed E-state index contributed by atoms with van der Waals surface area (Å²) in [5, 5.41) is 10.1. The van der Waals surface area contributed by atoms with E-state index in [-0.39, 0.29) is 19.4 Å². The molecule has 1 fully saturated rings. The molecule has 2 aromatic carbocycles. The summed E-state index contributed by atoms with van der Waals surface area (Å²) in [7, 11) is 1.53. The van der Waals surface area contributed by atoms with Crippen LogP contribution in [0.25, 0.3) is 10.9 Å². The van der Waals surface area contributed by atoms with E-state index in [1.807, 2.05) is 0 Å². The molecule has 11 heteroatoms. The Hall–Kier alpha value is -3.28. The third-order valence-electron chi connectivity index (χ3n) is 7.99. The fourth-order valence-corrected chi connectivity index (χ4v) is 5.61. The van der Waals surface area contributed by atoms with Gasteiger partial charge in [-0.15, -0.1) is 0 Å². The Morgan fingerprint density at radius 3 is 2.52 bits per heavy atom. The molecule has 0 aliphatic carbocycles. The first-order valence-electron chi connectivity index (χ1n) is 13.3. The molecular formula is C29H34F4N4O3. The highest BCUT2D eigenvalue weighted by Gasteiger charge is 2.41. The number of piperidine rings is 1. The van der Waals surface area contributed by atoms with Crippen LogP contribution in [-0.4, -0.2) is 47.7 Å². The Kier molecular flexibility index (Phi) is 9.60. The number of halogens is 4. The van der Waals surface area contributed by atoms with Crippen molar-refractivity contribution in [2.45, 2.75) is 51.2 Å². The Bertz CT molecular complexity index is 1320. The zero-order valence-electron chi connectivity index (χ0n) is 22.4. The van der Waals surface area contributed by atoms with Crippen molar-refractivity contribution < 1.29 is 32.3 Å². The van der Waals surface area contributed by atoms with Gasteiger partial charge in [0.15, 0.2) is 17.5 Å². The predicted octanol–water partition coefficient (Wildman–Crippen LogP) is 5.13. The third-order valence-corrected chi connectivity index (χ3v) is 7.99. The van der Waals surface area contributed by atoms with Crippen molar-refractivity contribution in [3.8, 4) is 5.75 Å². The van der Waals surface area contributed by atoms with Gasteiger partial charge in [0, 0.05) is 23.7 Å². The van der Waals surface area contributed by atoms with E-state index >= 15 is 4.39 Å². The molecule has 1 saturated heterocycles. The van der Waals surface area contributed by atoms with Crippen LogP contribution >= 0.6 is 0 Å². The zero-order valence-corrected chi connectivity index (χ0v) is 22.4. The molecule has 7 nitrogen and oxygen atoms in total. The summed E-state index contributed by atoms with van der Waals surface area (Å²) in [5.41, 5.74) is 8.70. The van der Waals surface area contributed by atoms with Gasteiger partial charge < -0.3 is 15.4 Å². The number of aromatic nitrogens is 1. The molecule has 2 heterocycles. The van der Waals surface area contributed by atoms with Crippen molar-refractivity contribution in [3.05, 3.63) is 70.7 Å². The van der Waals surface area contributed by atoms with Crippen molar-refractivity contribution >= 4 is 16.8 Å². The van der Waals surface area contributed by atoms with Crippen LogP contribution in [0.15, 0.2) is 36.5 Å². The van der Waals surface area contributed by atoms with E-state index < -0.39 is 34.9 Å². The van der Waals surface area contributed by atoms with Crippen molar-refractivity contribution in [3.63, 3.8) is 0 Å². The van der Waals surface area contributed by atoms with E-state index in [9.17, 15) is 23.2 Å². The van der Waals surface area contributed by atoms with Gasteiger partial charge >= 0.3 is 0 Å². The number of hydrogen-bond donors (Lipinski definition) is 3. The lowest BCUT2D eigenvalue weighted by Gasteiger charge is -2.40. The third kappa shape index (κ3) is 6.37. The van der Waals surface area contributed by atoms with Crippen LogP contribution in [0.2, 0.25) is 0 Å². The fraction of sp³-hybridized carbons (Fsp3) is 0.448. The van der Waals surface area contributed by atoms with E-state index in [2.05, 4.69) is 9.88 Å². The van der Waals surface area contributed by atoms with Crippen LogP contribution in [0.4, 0.5) is 17.6 Å². The van der Waals surface area contributed by atoms with E-state index in [4.69, 9.17) is 10.5 Å². The quantitative estimate of drug-likeness (QED) is 0.130. The first-order chi connectivity index (χ1) is 19.2. The van der Waals surface area contributed by atoms with Crippen molar-refractivity contribution in [1.29, 1.82) is 0 Å². The molecule has 0 saturated carbocycles. The number of aryl methyl sites for hydroxylation is 1. The average Bonchev–Trinajstić information content (AvgIpc) is 2.97. The molecule has 1 amide bonds. The number of nitrogens with zero attached hydrogens (tertiary/aromatic N) is 2. The molecule has 40 heavy (non-hydrogen) atoms. The van der Waals surface area contributed by atoms with E-state index in [1.54, 1.807) is 29.9 Å². The number of alkyl halides is 1. The first-order valence-corrected chi connectivity index (χ1v) is 13.3. The predicted molar refractivity (Wildman–Crippen MR) is 142 cm³/mol. The maximum Gasteiger partial charge on any atom is 0.249 e. The molecule has 0 radical (unpaired) electrons. The summed E-state index contributed by atoms with van der Waals surface area (Å²) in [6.45, 7) is 1.76. The summed E-state index contributed by atoms with van der Waals surface area (Å²) >= 11 is 0. The van der Waals surface area contributed by atoms with Gasteiger partial charge in [-0.1, -0.05) is 0 Å². The molecule has 1 aliphatic heterocycles. The van der Waals surface area contributed by atoms with Crippen LogP contribution < -0.4 is 16.0 Å². The van der Waals surface area contributed by atoms with Crippen LogP contribution in [0.1, 0.15) is 55.0 Å². The normalized spacial score (nSPS) is 16.2. The molecule has 1 aromatic heterocycles. The second-order valence-electron chi connectivity index (χ2n) is 10.3. The van der Waals surface area contributed by atoms with Gasteiger partial charge in [-0.2, -0.15) is 0 Å². The number of benzene rings is 2. The van der Waals surface area contributed by atoms with Crippen molar-refractivity contribution in [2.75, 3.05) is 26.7 Å². The van der Waals surface area contributed by atoms with Gasteiger partial charge in [0.25, 0.3) is 0 Å². The summed E-state index contributed by atoms with van der Waals surface area (Å²) in [4.78, 5) is 19.3. The van der Waals surface area contributed by atoms with Crippen LogP contribution in [0, 0.1) is 22.9 Å². The van der Waals surface area contributed by atoms with Crippen molar-refractivity contribution in [2.24, 2.45) is 11.1 Å².